The third-order valence-electron chi connectivity index (χ3n) is 4.57. The molecule has 1 fully saturated rings. The molecule has 1 aliphatic rings. The molecule has 1 heterocycles. The van der Waals surface area contributed by atoms with Crippen LogP contribution in [-0.2, 0) is 0 Å². The first-order valence-corrected chi connectivity index (χ1v) is 7.84. The molecule has 0 bridgehead atoms. The average Bonchev–Trinajstić information content (AvgIpc) is 2.88. The number of unbranched alkanes of at least 4 members (excludes halogenated alkanes) is 4. The summed E-state index contributed by atoms with van der Waals surface area (Å²) in [6.07, 6.45) is 10.6. The number of hydrogen-bond acceptors (Lipinski definition) is 3. The van der Waals surface area contributed by atoms with Crippen molar-refractivity contribution in [3.05, 3.63) is 0 Å². The number of hydrazine groups is 1. The summed E-state index contributed by atoms with van der Waals surface area (Å²) in [7, 11) is 0. The minimum absolute atomic E-state index is 0.190. The lowest BCUT2D eigenvalue weighted by Gasteiger charge is -2.42. The van der Waals surface area contributed by atoms with Gasteiger partial charge in [0.05, 0.1) is 0 Å². The van der Waals surface area contributed by atoms with E-state index < -0.39 is 0 Å². The van der Waals surface area contributed by atoms with E-state index in [4.69, 9.17) is 5.84 Å². The summed E-state index contributed by atoms with van der Waals surface area (Å²) in [5.74, 6) is 5.79. The number of nitrogens with two attached hydrogens (primary N) is 1. The Bertz CT molecular complexity index is 210. The quantitative estimate of drug-likeness (QED) is 0.378. The molecule has 0 spiro atoms. The zero-order valence-electron chi connectivity index (χ0n) is 12.7. The van der Waals surface area contributed by atoms with Gasteiger partial charge >= 0.3 is 0 Å². The fourth-order valence-corrected chi connectivity index (χ4v) is 3.11. The van der Waals surface area contributed by atoms with Crippen LogP contribution in [0.4, 0.5) is 0 Å². The van der Waals surface area contributed by atoms with Crippen molar-refractivity contribution in [1.29, 1.82) is 0 Å². The van der Waals surface area contributed by atoms with E-state index in [1.807, 2.05) is 0 Å². The van der Waals surface area contributed by atoms with Crippen molar-refractivity contribution in [3.63, 3.8) is 0 Å². The number of nitrogens with one attached hydrogen (secondary N) is 1. The predicted octanol–water partition coefficient (Wildman–Crippen LogP) is 3.05. The van der Waals surface area contributed by atoms with Gasteiger partial charge in [0.25, 0.3) is 0 Å². The minimum Gasteiger partial charge on any atom is -0.297 e. The van der Waals surface area contributed by atoms with Gasteiger partial charge in [0.15, 0.2) is 0 Å². The van der Waals surface area contributed by atoms with Crippen LogP contribution in [0.15, 0.2) is 0 Å². The van der Waals surface area contributed by atoms with Gasteiger partial charge in [-0.3, -0.25) is 16.2 Å². The Morgan fingerprint density at radius 2 is 1.72 bits per heavy atom. The van der Waals surface area contributed by atoms with Crippen LogP contribution in [0, 0.1) is 0 Å². The second-order valence-corrected chi connectivity index (χ2v) is 6.27. The monoisotopic (exact) mass is 255 g/mol. The van der Waals surface area contributed by atoms with E-state index in [9.17, 15) is 0 Å². The molecule has 108 valence electrons. The first kappa shape index (κ1) is 15.9. The Morgan fingerprint density at radius 3 is 2.28 bits per heavy atom. The van der Waals surface area contributed by atoms with Crippen LogP contribution in [0.2, 0.25) is 0 Å². The van der Waals surface area contributed by atoms with E-state index >= 15 is 0 Å². The fourth-order valence-electron chi connectivity index (χ4n) is 3.11. The topological polar surface area (TPSA) is 41.3 Å². The summed E-state index contributed by atoms with van der Waals surface area (Å²) >= 11 is 0. The standard InChI is InChI=1S/C15H33N3/c1-4-5-6-7-8-11-14(17-16)15(2,3)18-12-9-10-13-18/h14,17H,4-13,16H2,1-3H3. The lowest BCUT2D eigenvalue weighted by molar-refractivity contribution is 0.101. The summed E-state index contributed by atoms with van der Waals surface area (Å²) < 4.78 is 0. The highest BCUT2D eigenvalue weighted by Gasteiger charge is 2.35. The number of likely N-dealkylation sites (tertiary alicyclic amines) is 1. The number of rotatable bonds is 9. The van der Waals surface area contributed by atoms with Gasteiger partial charge in [0.1, 0.15) is 0 Å². The third kappa shape index (κ3) is 4.52. The van der Waals surface area contributed by atoms with E-state index in [0.29, 0.717) is 6.04 Å². The largest absolute Gasteiger partial charge is 0.297 e. The molecule has 3 nitrogen and oxygen atoms in total. The van der Waals surface area contributed by atoms with Gasteiger partial charge in [-0.1, -0.05) is 39.0 Å². The van der Waals surface area contributed by atoms with Gasteiger partial charge in [-0.05, 0) is 46.2 Å². The van der Waals surface area contributed by atoms with Crippen molar-refractivity contribution in [1.82, 2.24) is 10.3 Å². The Kier molecular flexibility index (Phi) is 7.20. The van der Waals surface area contributed by atoms with E-state index in [0.717, 1.165) is 0 Å². The van der Waals surface area contributed by atoms with Crippen LogP contribution < -0.4 is 11.3 Å². The first-order valence-electron chi connectivity index (χ1n) is 7.84. The average molecular weight is 255 g/mol. The summed E-state index contributed by atoms with van der Waals surface area (Å²) in [5.41, 5.74) is 3.26. The maximum Gasteiger partial charge on any atom is 0.0389 e. The summed E-state index contributed by atoms with van der Waals surface area (Å²) in [6, 6.07) is 0.414. The smallest absolute Gasteiger partial charge is 0.0389 e. The van der Waals surface area contributed by atoms with Crippen molar-refractivity contribution < 1.29 is 0 Å². The zero-order valence-corrected chi connectivity index (χ0v) is 12.7. The van der Waals surface area contributed by atoms with Gasteiger partial charge in [0.2, 0.25) is 0 Å². The van der Waals surface area contributed by atoms with Gasteiger partial charge in [0, 0.05) is 11.6 Å². The molecule has 18 heavy (non-hydrogen) atoms. The first-order chi connectivity index (χ1) is 8.62. The molecule has 1 unspecified atom stereocenters. The highest BCUT2D eigenvalue weighted by atomic mass is 15.3. The minimum atomic E-state index is 0.190. The van der Waals surface area contributed by atoms with Crippen LogP contribution >= 0.6 is 0 Å². The molecule has 1 aliphatic heterocycles. The zero-order chi connectivity index (χ0) is 13.4. The second kappa shape index (κ2) is 8.13. The number of hydrogen-bond donors (Lipinski definition) is 2. The van der Waals surface area contributed by atoms with Gasteiger partial charge in [-0.2, -0.15) is 0 Å². The maximum atomic E-state index is 5.79. The molecule has 0 radical (unpaired) electrons. The molecule has 3 heteroatoms. The van der Waals surface area contributed by atoms with Crippen LogP contribution in [0.25, 0.3) is 0 Å². The molecule has 1 saturated heterocycles. The molecule has 0 aromatic rings. The molecule has 0 aromatic carbocycles. The molecule has 3 N–H and O–H groups in total. The summed E-state index contributed by atoms with van der Waals surface area (Å²) in [6.45, 7) is 9.42. The molecule has 0 aliphatic carbocycles. The second-order valence-electron chi connectivity index (χ2n) is 6.27. The number of nitrogens with zero attached hydrogens (tertiary/aromatic N) is 1. The maximum absolute atomic E-state index is 5.79. The molecule has 0 saturated carbocycles. The van der Waals surface area contributed by atoms with Gasteiger partial charge in [-0.15, -0.1) is 0 Å². The predicted molar refractivity (Wildman–Crippen MR) is 79.4 cm³/mol. The molecule has 0 amide bonds. The molecule has 1 atom stereocenters. The Balaban J connectivity index is 2.33. The SMILES string of the molecule is CCCCCCCC(NN)C(C)(C)N1CCCC1. The van der Waals surface area contributed by atoms with E-state index in [2.05, 4.69) is 31.1 Å². The van der Waals surface area contributed by atoms with E-state index in [1.54, 1.807) is 0 Å². The molecular formula is C15H33N3. The highest BCUT2D eigenvalue weighted by molar-refractivity contribution is 4.94. The van der Waals surface area contributed by atoms with Crippen molar-refractivity contribution in [2.45, 2.75) is 83.7 Å². The third-order valence-corrected chi connectivity index (χ3v) is 4.57. The van der Waals surface area contributed by atoms with Crippen LogP contribution in [0.5, 0.6) is 0 Å². The van der Waals surface area contributed by atoms with Crippen molar-refractivity contribution in [2.75, 3.05) is 13.1 Å². The Labute approximate surface area is 113 Å². The van der Waals surface area contributed by atoms with Gasteiger partial charge < -0.3 is 0 Å². The van der Waals surface area contributed by atoms with Gasteiger partial charge in [-0.25, -0.2) is 0 Å². The van der Waals surface area contributed by atoms with Crippen molar-refractivity contribution in [2.24, 2.45) is 5.84 Å². The lowest BCUT2D eigenvalue weighted by atomic mass is 9.89. The summed E-state index contributed by atoms with van der Waals surface area (Å²) in [5, 5.41) is 0. The van der Waals surface area contributed by atoms with Crippen molar-refractivity contribution >= 4 is 0 Å². The Morgan fingerprint density at radius 1 is 1.11 bits per heavy atom. The van der Waals surface area contributed by atoms with Crippen molar-refractivity contribution in [3.8, 4) is 0 Å². The van der Waals surface area contributed by atoms with Crippen LogP contribution in [0.3, 0.4) is 0 Å². The summed E-state index contributed by atoms with van der Waals surface area (Å²) in [4.78, 5) is 2.60. The molecular weight excluding hydrogens is 222 g/mol. The molecule has 1 rings (SSSR count). The van der Waals surface area contributed by atoms with Crippen LogP contribution in [0.1, 0.15) is 72.1 Å². The fraction of sp³-hybridized carbons (Fsp3) is 1.00. The highest BCUT2D eigenvalue weighted by Crippen LogP contribution is 2.26. The normalized spacial score (nSPS) is 19.3. The van der Waals surface area contributed by atoms with Crippen LogP contribution in [-0.4, -0.2) is 29.6 Å². The van der Waals surface area contributed by atoms with E-state index in [1.165, 1.54) is 64.5 Å². The van der Waals surface area contributed by atoms with E-state index in [-0.39, 0.29) is 5.54 Å². The Hall–Kier alpha value is -0.120. The lowest BCUT2D eigenvalue weighted by Crippen LogP contribution is -2.58. The molecule has 0 aromatic heterocycles.